The van der Waals surface area contributed by atoms with Gasteiger partial charge in [0.15, 0.2) is 11.6 Å². The van der Waals surface area contributed by atoms with Crippen molar-refractivity contribution in [2.75, 3.05) is 6.54 Å². The fraction of sp³-hybridized carbons (Fsp3) is 0.429. The highest BCUT2D eigenvalue weighted by Gasteiger charge is 2.52. The van der Waals surface area contributed by atoms with Gasteiger partial charge in [-0.15, -0.1) is 0 Å². The Labute approximate surface area is 132 Å². The molecule has 1 aliphatic rings. The summed E-state index contributed by atoms with van der Waals surface area (Å²) in [6, 6.07) is 3.21. The average molecular weight is 352 g/mol. The molecule has 1 aromatic carbocycles. The first-order valence-corrected chi connectivity index (χ1v) is 6.84. The van der Waals surface area contributed by atoms with Gasteiger partial charge in [-0.05, 0) is 18.1 Å². The molecule has 24 heavy (non-hydrogen) atoms. The van der Waals surface area contributed by atoms with E-state index in [1.807, 2.05) is 0 Å². The van der Waals surface area contributed by atoms with Gasteiger partial charge in [0.2, 0.25) is 5.91 Å². The number of rotatable bonds is 3. The summed E-state index contributed by atoms with van der Waals surface area (Å²) in [7, 11) is 0. The maximum Gasteiger partial charge on any atom is 0.405 e. The second-order valence-electron chi connectivity index (χ2n) is 5.56. The quantitative estimate of drug-likeness (QED) is 0.732. The fourth-order valence-corrected chi connectivity index (χ4v) is 2.88. The van der Waals surface area contributed by atoms with Gasteiger partial charge in [0.25, 0.3) is 0 Å². The highest BCUT2D eigenvalue weighted by Crippen LogP contribution is 2.38. The average Bonchev–Trinajstić information content (AvgIpc) is 2.42. The van der Waals surface area contributed by atoms with E-state index in [1.54, 1.807) is 5.32 Å². The van der Waals surface area contributed by atoms with E-state index in [-0.39, 0.29) is 12.1 Å². The predicted molar refractivity (Wildman–Crippen MR) is 71.3 cm³/mol. The third-order valence-corrected chi connectivity index (χ3v) is 3.81. The molecule has 0 radical (unpaired) electrons. The summed E-state index contributed by atoms with van der Waals surface area (Å²) in [5, 5.41) is 12.6. The van der Waals surface area contributed by atoms with E-state index >= 15 is 0 Å². The van der Waals surface area contributed by atoms with Crippen molar-refractivity contribution >= 4 is 12.0 Å². The largest absolute Gasteiger partial charge is 0.465 e. The molecule has 1 heterocycles. The molecule has 1 fully saturated rings. The van der Waals surface area contributed by atoms with Crippen LogP contribution in [0.3, 0.4) is 0 Å². The molecule has 2 atom stereocenters. The lowest BCUT2D eigenvalue weighted by Gasteiger charge is -2.40. The molecular weight excluding hydrogens is 339 g/mol. The number of nitrogens with one attached hydrogen (secondary N) is 2. The van der Waals surface area contributed by atoms with Gasteiger partial charge in [0.1, 0.15) is 5.54 Å². The van der Waals surface area contributed by atoms with E-state index in [1.165, 1.54) is 12.1 Å². The first kappa shape index (κ1) is 18.0. The van der Waals surface area contributed by atoms with Crippen LogP contribution in [-0.2, 0) is 4.79 Å². The van der Waals surface area contributed by atoms with E-state index in [0.717, 1.165) is 6.07 Å². The fourth-order valence-electron chi connectivity index (χ4n) is 2.88. The van der Waals surface area contributed by atoms with Crippen LogP contribution in [0.4, 0.5) is 26.7 Å². The Bertz CT molecular complexity index is 664. The molecule has 132 valence electrons. The molecule has 1 aromatic rings. The summed E-state index contributed by atoms with van der Waals surface area (Å²) in [5.74, 6) is -4.60. The molecule has 0 spiro atoms. The number of piperidine rings is 1. The first-order chi connectivity index (χ1) is 11.0. The molecule has 3 N–H and O–H groups in total. The van der Waals surface area contributed by atoms with E-state index in [9.17, 15) is 31.5 Å². The Morgan fingerprint density at radius 1 is 1.38 bits per heavy atom. The molecule has 2 rings (SSSR count). The lowest BCUT2D eigenvalue weighted by molar-refractivity contribution is -0.162. The SMILES string of the molecule is O=C(O)N[C@]1(CC(F)(F)F)C[C@@H](c2cccc(F)c2F)CNC1=O. The molecule has 1 saturated heterocycles. The van der Waals surface area contributed by atoms with E-state index in [2.05, 4.69) is 5.32 Å². The van der Waals surface area contributed by atoms with Crippen LogP contribution in [0.5, 0.6) is 0 Å². The highest BCUT2D eigenvalue weighted by atomic mass is 19.4. The summed E-state index contributed by atoms with van der Waals surface area (Å²) in [6.45, 7) is -0.236. The molecule has 0 saturated carbocycles. The van der Waals surface area contributed by atoms with Crippen LogP contribution in [0.25, 0.3) is 0 Å². The van der Waals surface area contributed by atoms with Gasteiger partial charge in [0, 0.05) is 12.5 Å². The minimum atomic E-state index is -4.85. The van der Waals surface area contributed by atoms with Gasteiger partial charge < -0.3 is 15.7 Å². The van der Waals surface area contributed by atoms with Gasteiger partial charge in [-0.1, -0.05) is 12.1 Å². The number of hydrogen-bond acceptors (Lipinski definition) is 2. The van der Waals surface area contributed by atoms with Crippen molar-refractivity contribution in [2.24, 2.45) is 0 Å². The summed E-state index contributed by atoms with van der Waals surface area (Å²) in [4.78, 5) is 22.8. The van der Waals surface area contributed by atoms with Crippen molar-refractivity contribution in [1.29, 1.82) is 0 Å². The Morgan fingerprint density at radius 3 is 2.62 bits per heavy atom. The molecule has 0 unspecified atom stereocenters. The van der Waals surface area contributed by atoms with Crippen molar-refractivity contribution in [3.05, 3.63) is 35.4 Å². The number of carbonyl (C=O) groups is 2. The molecule has 0 aromatic heterocycles. The van der Waals surface area contributed by atoms with Crippen LogP contribution >= 0.6 is 0 Å². The molecule has 0 aliphatic carbocycles. The van der Waals surface area contributed by atoms with Crippen LogP contribution in [0, 0.1) is 11.6 Å². The number of halogens is 5. The first-order valence-electron chi connectivity index (χ1n) is 6.84. The van der Waals surface area contributed by atoms with Gasteiger partial charge in [-0.25, -0.2) is 13.6 Å². The summed E-state index contributed by atoms with van der Waals surface area (Å²) >= 11 is 0. The van der Waals surface area contributed by atoms with Crippen LogP contribution in [0.2, 0.25) is 0 Å². The van der Waals surface area contributed by atoms with Crippen LogP contribution in [0.1, 0.15) is 24.3 Å². The number of benzene rings is 1. The third-order valence-electron chi connectivity index (χ3n) is 3.81. The van der Waals surface area contributed by atoms with Gasteiger partial charge in [0.05, 0.1) is 6.42 Å². The second kappa shape index (κ2) is 6.25. The molecule has 0 bridgehead atoms. The zero-order valence-electron chi connectivity index (χ0n) is 12.1. The number of carbonyl (C=O) groups excluding carboxylic acids is 1. The zero-order chi connectivity index (χ0) is 18.1. The normalized spacial score (nSPS) is 24.4. The maximum atomic E-state index is 13.9. The Kier molecular flexibility index (Phi) is 4.68. The lowest BCUT2D eigenvalue weighted by atomic mass is 9.77. The van der Waals surface area contributed by atoms with Crippen molar-refractivity contribution in [1.82, 2.24) is 10.6 Å². The number of carboxylic acid groups (broad SMARTS) is 1. The smallest absolute Gasteiger partial charge is 0.405 e. The van der Waals surface area contributed by atoms with Crippen molar-refractivity contribution < 1.29 is 36.6 Å². The zero-order valence-corrected chi connectivity index (χ0v) is 12.1. The molecule has 1 aliphatic heterocycles. The number of hydrogen-bond donors (Lipinski definition) is 3. The van der Waals surface area contributed by atoms with E-state index in [0.29, 0.717) is 0 Å². The number of alkyl halides is 3. The van der Waals surface area contributed by atoms with Crippen molar-refractivity contribution in [2.45, 2.75) is 30.5 Å². The highest BCUT2D eigenvalue weighted by molar-refractivity contribution is 5.90. The minimum Gasteiger partial charge on any atom is -0.465 e. The number of amides is 2. The Balaban J connectivity index is 2.40. The molecule has 10 heteroatoms. The second-order valence-corrected chi connectivity index (χ2v) is 5.56. The standard InChI is InChI=1S/C14H13F5N2O3/c15-9-3-1-2-8(10(9)16)7-4-13(21-12(23)24,6-14(17,18)19)11(22)20-5-7/h1-3,7,21H,4-6H2,(H,20,22)(H,23,24)/t7-,13+/m1/s1. The van der Waals surface area contributed by atoms with Gasteiger partial charge >= 0.3 is 12.3 Å². The van der Waals surface area contributed by atoms with Gasteiger partial charge in [-0.3, -0.25) is 4.79 Å². The monoisotopic (exact) mass is 352 g/mol. The molecule has 5 nitrogen and oxygen atoms in total. The predicted octanol–water partition coefficient (Wildman–Crippen LogP) is 2.53. The molecule has 2 amide bonds. The molecular formula is C14H13F5N2O3. The Hall–Kier alpha value is -2.39. The van der Waals surface area contributed by atoms with Gasteiger partial charge in [-0.2, -0.15) is 13.2 Å². The summed E-state index contributed by atoms with van der Waals surface area (Å²) in [5.41, 5.74) is -2.74. The summed E-state index contributed by atoms with van der Waals surface area (Å²) < 4.78 is 65.7. The van der Waals surface area contributed by atoms with Crippen LogP contribution in [-0.4, -0.2) is 35.4 Å². The minimum absolute atomic E-state index is 0.228. The maximum absolute atomic E-state index is 13.9. The van der Waals surface area contributed by atoms with Crippen molar-refractivity contribution in [3.8, 4) is 0 Å². The van der Waals surface area contributed by atoms with E-state index in [4.69, 9.17) is 5.11 Å². The summed E-state index contributed by atoms with van der Waals surface area (Å²) in [6.07, 6.45) is -9.08. The lowest BCUT2D eigenvalue weighted by Crippen LogP contribution is -2.64. The van der Waals surface area contributed by atoms with Crippen molar-refractivity contribution in [3.63, 3.8) is 0 Å². The topological polar surface area (TPSA) is 78.4 Å². The van der Waals surface area contributed by atoms with E-state index < -0.39 is 54.1 Å². The van der Waals surface area contributed by atoms with Crippen LogP contribution < -0.4 is 10.6 Å². The third kappa shape index (κ3) is 3.74. The van der Waals surface area contributed by atoms with Crippen LogP contribution in [0.15, 0.2) is 18.2 Å². The Morgan fingerprint density at radius 2 is 2.04 bits per heavy atom.